The highest BCUT2D eigenvalue weighted by atomic mass is 15.1. The van der Waals surface area contributed by atoms with Crippen molar-refractivity contribution in [3.63, 3.8) is 0 Å². The Labute approximate surface area is 245 Å². The Morgan fingerprint density at radius 3 is 1.74 bits per heavy atom. The molecule has 0 aliphatic rings. The molecule has 7 aromatic carbocycles. The summed E-state index contributed by atoms with van der Waals surface area (Å²) in [6.07, 6.45) is 0. The van der Waals surface area contributed by atoms with E-state index in [4.69, 9.17) is 0 Å². The molecular formula is C40H28N2. The number of aromatic nitrogens is 1. The fourth-order valence-corrected chi connectivity index (χ4v) is 6.25. The number of fused-ring (bicyclic) bond motifs is 5. The first-order valence-electron chi connectivity index (χ1n) is 14.4. The SMILES string of the molecule is c1ccc(-c2ccc(N(c3ccccc3)c3ccc4c([nH]c5ccc6ccccc6c54)c3-c3ccccc3)cc2)cc1. The topological polar surface area (TPSA) is 19.0 Å². The van der Waals surface area contributed by atoms with Crippen molar-refractivity contribution < 1.29 is 0 Å². The third-order valence-electron chi connectivity index (χ3n) is 8.19. The number of benzene rings is 7. The summed E-state index contributed by atoms with van der Waals surface area (Å²) in [5, 5.41) is 5.02. The molecule has 0 aliphatic carbocycles. The van der Waals surface area contributed by atoms with E-state index in [2.05, 4.69) is 174 Å². The van der Waals surface area contributed by atoms with Gasteiger partial charge in [0.2, 0.25) is 0 Å². The summed E-state index contributed by atoms with van der Waals surface area (Å²) < 4.78 is 0. The zero-order valence-electron chi connectivity index (χ0n) is 23.0. The molecule has 8 aromatic rings. The van der Waals surface area contributed by atoms with Gasteiger partial charge >= 0.3 is 0 Å². The van der Waals surface area contributed by atoms with Crippen LogP contribution in [0.15, 0.2) is 164 Å². The van der Waals surface area contributed by atoms with E-state index in [1.165, 1.54) is 43.8 Å². The van der Waals surface area contributed by atoms with E-state index in [9.17, 15) is 0 Å². The summed E-state index contributed by atoms with van der Waals surface area (Å²) in [5.41, 5.74) is 10.4. The van der Waals surface area contributed by atoms with E-state index in [-0.39, 0.29) is 0 Å². The second-order valence-electron chi connectivity index (χ2n) is 10.7. The Morgan fingerprint density at radius 1 is 0.405 bits per heavy atom. The molecule has 42 heavy (non-hydrogen) atoms. The molecular weight excluding hydrogens is 508 g/mol. The Bertz CT molecular complexity index is 2160. The Morgan fingerprint density at radius 2 is 1.00 bits per heavy atom. The number of nitrogens with zero attached hydrogens (tertiary/aromatic N) is 1. The Kier molecular flexibility index (Phi) is 5.82. The maximum Gasteiger partial charge on any atom is 0.0566 e. The molecule has 0 amide bonds. The maximum absolute atomic E-state index is 3.84. The highest BCUT2D eigenvalue weighted by molar-refractivity contribution is 6.23. The van der Waals surface area contributed by atoms with E-state index in [0.717, 1.165) is 28.1 Å². The van der Waals surface area contributed by atoms with Crippen LogP contribution in [0.25, 0.3) is 54.8 Å². The fourth-order valence-electron chi connectivity index (χ4n) is 6.25. The van der Waals surface area contributed by atoms with Crippen LogP contribution in [0.1, 0.15) is 0 Å². The van der Waals surface area contributed by atoms with Crippen LogP contribution in [0.3, 0.4) is 0 Å². The first-order chi connectivity index (χ1) is 20.8. The number of para-hydroxylation sites is 1. The lowest BCUT2D eigenvalue weighted by atomic mass is 9.97. The van der Waals surface area contributed by atoms with Gasteiger partial charge in [0.05, 0.1) is 11.2 Å². The van der Waals surface area contributed by atoms with Crippen molar-refractivity contribution in [2.24, 2.45) is 0 Å². The van der Waals surface area contributed by atoms with Crippen molar-refractivity contribution in [2.75, 3.05) is 4.90 Å². The Hall–Kier alpha value is -5.60. The molecule has 2 nitrogen and oxygen atoms in total. The van der Waals surface area contributed by atoms with Gasteiger partial charge in [0.1, 0.15) is 0 Å². The molecule has 1 heterocycles. The highest BCUT2D eigenvalue weighted by Crippen LogP contribution is 2.46. The highest BCUT2D eigenvalue weighted by Gasteiger charge is 2.21. The van der Waals surface area contributed by atoms with E-state index in [0.29, 0.717) is 0 Å². The molecule has 0 fully saturated rings. The summed E-state index contributed by atoms with van der Waals surface area (Å²) in [6, 6.07) is 58.5. The van der Waals surface area contributed by atoms with Gasteiger partial charge in [0.25, 0.3) is 0 Å². The molecule has 1 N–H and O–H groups in total. The zero-order valence-corrected chi connectivity index (χ0v) is 23.0. The molecule has 0 spiro atoms. The first-order valence-corrected chi connectivity index (χ1v) is 14.4. The number of hydrogen-bond donors (Lipinski definition) is 1. The van der Waals surface area contributed by atoms with Gasteiger partial charge in [-0.1, -0.05) is 127 Å². The minimum absolute atomic E-state index is 1.11. The molecule has 0 saturated heterocycles. The van der Waals surface area contributed by atoms with E-state index in [1.54, 1.807) is 0 Å². The van der Waals surface area contributed by atoms with Crippen LogP contribution in [-0.2, 0) is 0 Å². The average Bonchev–Trinajstić information content (AvgIpc) is 3.46. The normalized spacial score (nSPS) is 11.3. The lowest BCUT2D eigenvalue weighted by molar-refractivity contribution is 1.29. The van der Waals surface area contributed by atoms with Crippen LogP contribution >= 0.6 is 0 Å². The predicted molar refractivity (Wildman–Crippen MR) is 179 cm³/mol. The van der Waals surface area contributed by atoms with Crippen molar-refractivity contribution in [2.45, 2.75) is 0 Å². The quantitative estimate of drug-likeness (QED) is 0.232. The largest absolute Gasteiger partial charge is 0.354 e. The second kappa shape index (κ2) is 10.1. The standard InChI is InChI=1S/C40H28N2/c1-4-12-28(13-5-1)29-20-23-33(24-21-29)42(32-17-8-3-9-18-32)37-27-25-35-39-34-19-11-10-14-30(34)22-26-36(39)41-40(35)38(37)31-15-6-2-7-16-31/h1-27,41H. The minimum atomic E-state index is 1.11. The molecule has 0 bridgehead atoms. The van der Waals surface area contributed by atoms with Crippen molar-refractivity contribution in [1.29, 1.82) is 0 Å². The summed E-state index contributed by atoms with van der Waals surface area (Å²) >= 11 is 0. The van der Waals surface area contributed by atoms with Gasteiger partial charge in [0.15, 0.2) is 0 Å². The smallest absolute Gasteiger partial charge is 0.0566 e. The van der Waals surface area contributed by atoms with Crippen molar-refractivity contribution >= 4 is 49.6 Å². The van der Waals surface area contributed by atoms with Crippen LogP contribution in [0, 0.1) is 0 Å². The average molecular weight is 537 g/mol. The molecule has 0 radical (unpaired) electrons. The summed E-state index contributed by atoms with van der Waals surface area (Å²) in [4.78, 5) is 6.21. The molecule has 0 saturated carbocycles. The molecule has 8 rings (SSSR count). The summed E-state index contributed by atoms with van der Waals surface area (Å²) in [6.45, 7) is 0. The van der Waals surface area contributed by atoms with Crippen LogP contribution in [0.5, 0.6) is 0 Å². The van der Waals surface area contributed by atoms with Gasteiger partial charge in [-0.3, -0.25) is 0 Å². The first kappa shape index (κ1) is 24.2. The predicted octanol–water partition coefficient (Wildman–Crippen LogP) is 11.3. The van der Waals surface area contributed by atoms with Gasteiger partial charge < -0.3 is 9.88 Å². The van der Waals surface area contributed by atoms with Gasteiger partial charge in [-0.25, -0.2) is 0 Å². The maximum atomic E-state index is 3.84. The molecule has 1 aromatic heterocycles. The Balaban J connectivity index is 1.41. The minimum Gasteiger partial charge on any atom is -0.354 e. The number of rotatable bonds is 5. The van der Waals surface area contributed by atoms with Crippen molar-refractivity contribution in [3.8, 4) is 22.3 Å². The van der Waals surface area contributed by atoms with Crippen LogP contribution in [0.2, 0.25) is 0 Å². The number of anilines is 3. The van der Waals surface area contributed by atoms with Gasteiger partial charge in [-0.15, -0.1) is 0 Å². The molecule has 0 atom stereocenters. The zero-order chi connectivity index (χ0) is 27.9. The van der Waals surface area contributed by atoms with Gasteiger partial charge in [-0.2, -0.15) is 0 Å². The fraction of sp³-hybridized carbons (Fsp3) is 0. The number of hydrogen-bond acceptors (Lipinski definition) is 1. The van der Waals surface area contributed by atoms with Crippen molar-refractivity contribution in [1.82, 2.24) is 4.98 Å². The molecule has 0 unspecified atom stereocenters. The van der Waals surface area contributed by atoms with Gasteiger partial charge in [0, 0.05) is 33.2 Å². The van der Waals surface area contributed by atoms with Crippen molar-refractivity contribution in [3.05, 3.63) is 164 Å². The number of H-pyrrole nitrogens is 1. The van der Waals surface area contributed by atoms with E-state index >= 15 is 0 Å². The summed E-state index contributed by atoms with van der Waals surface area (Å²) in [7, 11) is 0. The third-order valence-corrected chi connectivity index (χ3v) is 8.19. The van der Waals surface area contributed by atoms with Crippen LogP contribution in [0.4, 0.5) is 17.1 Å². The van der Waals surface area contributed by atoms with E-state index < -0.39 is 0 Å². The molecule has 0 aliphatic heterocycles. The third kappa shape index (κ3) is 4.05. The number of aromatic amines is 1. The molecule has 2 heteroatoms. The lowest BCUT2D eigenvalue weighted by Gasteiger charge is -2.28. The van der Waals surface area contributed by atoms with Crippen LogP contribution in [-0.4, -0.2) is 4.98 Å². The van der Waals surface area contributed by atoms with Crippen LogP contribution < -0.4 is 4.90 Å². The second-order valence-corrected chi connectivity index (χ2v) is 10.7. The monoisotopic (exact) mass is 536 g/mol. The molecule has 198 valence electrons. The lowest BCUT2D eigenvalue weighted by Crippen LogP contribution is -2.11. The van der Waals surface area contributed by atoms with Gasteiger partial charge in [-0.05, 0) is 63.9 Å². The number of nitrogens with one attached hydrogen (secondary N) is 1. The summed E-state index contributed by atoms with van der Waals surface area (Å²) in [5.74, 6) is 0. The van der Waals surface area contributed by atoms with E-state index in [1.807, 2.05) is 0 Å².